The standard InChI is InChI=1S/C14H19FO2/c1-4-9-17-13-6-5-11(10-12(13)15)14(2,3)7-8-16/h5-6,8,10H,4,7,9H2,1-3H3. The minimum Gasteiger partial charge on any atom is -0.491 e. The van der Waals surface area contributed by atoms with Crippen LogP contribution in [0.15, 0.2) is 18.2 Å². The highest BCUT2D eigenvalue weighted by Crippen LogP contribution is 2.29. The number of benzene rings is 1. The van der Waals surface area contributed by atoms with Crippen molar-refractivity contribution < 1.29 is 13.9 Å². The van der Waals surface area contributed by atoms with Crippen LogP contribution in [-0.2, 0) is 10.2 Å². The Labute approximate surface area is 102 Å². The van der Waals surface area contributed by atoms with Crippen LogP contribution in [0.2, 0.25) is 0 Å². The molecule has 0 N–H and O–H groups in total. The minimum absolute atomic E-state index is 0.275. The average molecular weight is 238 g/mol. The van der Waals surface area contributed by atoms with Crippen LogP contribution in [-0.4, -0.2) is 12.9 Å². The third-order valence-corrected chi connectivity index (χ3v) is 2.77. The molecule has 0 heterocycles. The van der Waals surface area contributed by atoms with Crippen molar-refractivity contribution in [2.45, 2.75) is 39.0 Å². The van der Waals surface area contributed by atoms with E-state index in [1.54, 1.807) is 6.07 Å². The van der Waals surface area contributed by atoms with Gasteiger partial charge in [0.2, 0.25) is 0 Å². The SMILES string of the molecule is CCCOc1ccc(C(C)(C)CC=O)cc1F. The molecular weight excluding hydrogens is 219 g/mol. The van der Waals surface area contributed by atoms with E-state index < -0.39 is 0 Å². The topological polar surface area (TPSA) is 26.3 Å². The fourth-order valence-corrected chi connectivity index (χ4v) is 1.58. The smallest absolute Gasteiger partial charge is 0.165 e. The van der Waals surface area contributed by atoms with E-state index in [9.17, 15) is 9.18 Å². The molecule has 0 saturated carbocycles. The summed E-state index contributed by atoms with van der Waals surface area (Å²) < 4.78 is 19.0. The highest BCUT2D eigenvalue weighted by molar-refractivity contribution is 5.53. The molecule has 0 unspecified atom stereocenters. The summed E-state index contributed by atoms with van der Waals surface area (Å²) >= 11 is 0. The van der Waals surface area contributed by atoms with Gasteiger partial charge in [0, 0.05) is 6.42 Å². The highest BCUT2D eigenvalue weighted by atomic mass is 19.1. The lowest BCUT2D eigenvalue weighted by Crippen LogP contribution is -2.17. The molecule has 0 aliphatic rings. The van der Waals surface area contributed by atoms with Crippen molar-refractivity contribution in [2.75, 3.05) is 6.61 Å². The van der Waals surface area contributed by atoms with Gasteiger partial charge in [0.25, 0.3) is 0 Å². The maximum Gasteiger partial charge on any atom is 0.165 e. The molecule has 0 saturated heterocycles. The summed E-state index contributed by atoms with van der Waals surface area (Å²) in [4.78, 5) is 10.6. The molecule has 3 heteroatoms. The Bertz CT molecular complexity index is 386. The van der Waals surface area contributed by atoms with E-state index in [1.165, 1.54) is 6.07 Å². The Morgan fingerprint density at radius 2 is 2.12 bits per heavy atom. The molecule has 1 aromatic rings. The maximum absolute atomic E-state index is 13.7. The number of carbonyl (C=O) groups is 1. The van der Waals surface area contributed by atoms with Crippen LogP contribution >= 0.6 is 0 Å². The Morgan fingerprint density at radius 1 is 1.41 bits per heavy atom. The minimum atomic E-state index is -0.366. The second-order valence-electron chi connectivity index (χ2n) is 4.75. The van der Waals surface area contributed by atoms with Crippen molar-refractivity contribution in [1.82, 2.24) is 0 Å². The largest absolute Gasteiger partial charge is 0.491 e. The molecule has 1 rings (SSSR count). The molecule has 2 nitrogen and oxygen atoms in total. The summed E-state index contributed by atoms with van der Waals surface area (Å²) in [6.07, 6.45) is 2.08. The van der Waals surface area contributed by atoms with Gasteiger partial charge in [-0.05, 0) is 29.5 Å². The molecule has 0 atom stereocenters. The lowest BCUT2D eigenvalue weighted by molar-refractivity contribution is -0.108. The quantitative estimate of drug-likeness (QED) is 0.709. The predicted molar refractivity (Wildman–Crippen MR) is 65.9 cm³/mol. The van der Waals surface area contributed by atoms with Crippen molar-refractivity contribution in [3.63, 3.8) is 0 Å². The predicted octanol–water partition coefficient (Wildman–Crippen LogP) is 3.48. The second-order valence-corrected chi connectivity index (χ2v) is 4.75. The van der Waals surface area contributed by atoms with Crippen LogP contribution < -0.4 is 4.74 Å². The van der Waals surface area contributed by atoms with Gasteiger partial charge >= 0.3 is 0 Å². The Balaban J connectivity index is 2.91. The molecule has 0 fully saturated rings. The number of hydrogen-bond donors (Lipinski definition) is 0. The van der Waals surface area contributed by atoms with Crippen LogP contribution in [0.5, 0.6) is 5.75 Å². The van der Waals surface area contributed by atoms with E-state index in [0.717, 1.165) is 18.3 Å². The van der Waals surface area contributed by atoms with E-state index >= 15 is 0 Å². The molecule has 94 valence electrons. The first-order valence-corrected chi connectivity index (χ1v) is 5.87. The zero-order chi connectivity index (χ0) is 12.9. The summed E-state index contributed by atoms with van der Waals surface area (Å²) in [5.74, 6) is -0.0903. The van der Waals surface area contributed by atoms with Crippen molar-refractivity contribution in [3.05, 3.63) is 29.6 Å². The summed E-state index contributed by atoms with van der Waals surface area (Å²) in [6, 6.07) is 4.90. The zero-order valence-electron chi connectivity index (χ0n) is 10.6. The number of halogens is 1. The van der Waals surface area contributed by atoms with Gasteiger partial charge in [-0.2, -0.15) is 0 Å². The molecule has 1 aromatic carbocycles. The van der Waals surface area contributed by atoms with Gasteiger partial charge in [-0.3, -0.25) is 0 Å². The van der Waals surface area contributed by atoms with Crippen molar-refractivity contribution in [1.29, 1.82) is 0 Å². The molecule has 0 amide bonds. The van der Waals surface area contributed by atoms with Gasteiger partial charge in [-0.1, -0.05) is 26.8 Å². The van der Waals surface area contributed by atoms with Gasteiger partial charge in [-0.15, -0.1) is 0 Å². The third-order valence-electron chi connectivity index (χ3n) is 2.77. The summed E-state index contributed by atoms with van der Waals surface area (Å²) in [6.45, 7) is 6.32. The van der Waals surface area contributed by atoms with Gasteiger partial charge in [0.1, 0.15) is 6.29 Å². The first kappa shape index (κ1) is 13.7. The molecule has 0 spiro atoms. The Hall–Kier alpha value is -1.38. The van der Waals surface area contributed by atoms with E-state index in [4.69, 9.17) is 4.74 Å². The van der Waals surface area contributed by atoms with Gasteiger partial charge in [0.15, 0.2) is 11.6 Å². The van der Waals surface area contributed by atoms with Gasteiger partial charge in [-0.25, -0.2) is 4.39 Å². The van der Waals surface area contributed by atoms with Crippen LogP contribution in [0.25, 0.3) is 0 Å². The molecule has 0 aliphatic heterocycles. The first-order chi connectivity index (χ1) is 8.01. The summed E-state index contributed by atoms with van der Waals surface area (Å²) in [5, 5.41) is 0. The van der Waals surface area contributed by atoms with E-state index in [0.29, 0.717) is 13.0 Å². The fraction of sp³-hybridized carbons (Fsp3) is 0.500. The molecular formula is C14H19FO2. The van der Waals surface area contributed by atoms with Gasteiger partial charge in [0.05, 0.1) is 6.61 Å². The lowest BCUT2D eigenvalue weighted by atomic mass is 9.82. The average Bonchev–Trinajstić information content (AvgIpc) is 2.27. The molecule has 0 aromatic heterocycles. The van der Waals surface area contributed by atoms with E-state index in [2.05, 4.69) is 0 Å². The lowest BCUT2D eigenvalue weighted by Gasteiger charge is -2.23. The van der Waals surface area contributed by atoms with E-state index in [-0.39, 0.29) is 17.0 Å². The highest BCUT2D eigenvalue weighted by Gasteiger charge is 2.21. The molecule has 17 heavy (non-hydrogen) atoms. The maximum atomic E-state index is 13.7. The monoisotopic (exact) mass is 238 g/mol. The Morgan fingerprint density at radius 3 is 2.65 bits per heavy atom. The van der Waals surface area contributed by atoms with Crippen molar-refractivity contribution in [2.24, 2.45) is 0 Å². The van der Waals surface area contributed by atoms with Crippen LogP contribution in [0.3, 0.4) is 0 Å². The normalized spacial score (nSPS) is 11.3. The van der Waals surface area contributed by atoms with Crippen molar-refractivity contribution >= 4 is 6.29 Å². The van der Waals surface area contributed by atoms with Crippen LogP contribution in [0, 0.1) is 5.82 Å². The number of aldehydes is 1. The summed E-state index contributed by atoms with van der Waals surface area (Å²) in [7, 11) is 0. The molecule has 0 radical (unpaired) electrons. The van der Waals surface area contributed by atoms with Gasteiger partial charge < -0.3 is 9.53 Å². The van der Waals surface area contributed by atoms with Crippen LogP contribution in [0.1, 0.15) is 39.2 Å². The summed E-state index contributed by atoms with van der Waals surface area (Å²) in [5.41, 5.74) is 0.470. The third kappa shape index (κ3) is 3.55. The number of hydrogen-bond acceptors (Lipinski definition) is 2. The molecule has 0 aliphatic carbocycles. The van der Waals surface area contributed by atoms with Crippen LogP contribution in [0.4, 0.5) is 4.39 Å². The first-order valence-electron chi connectivity index (χ1n) is 5.87. The number of ether oxygens (including phenoxy) is 1. The number of carbonyl (C=O) groups excluding carboxylic acids is 1. The number of rotatable bonds is 6. The fourth-order valence-electron chi connectivity index (χ4n) is 1.58. The zero-order valence-corrected chi connectivity index (χ0v) is 10.6. The molecule has 0 bridgehead atoms. The Kier molecular flexibility index (Phi) is 4.67. The second kappa shape index (κ2) is 5.80. The van der Waals surface area contributed by atoms with Crippen molar-refractivity contribution in [3.8, 4) is 5.75 Å². The van der Waals surface area contributed by atoms with E-state index in [1.807, 2.05) is 26.8 Å².